The molecule has 0 saturated carbocycles. The van der Waals surface area contributed by atoms with Gasteiger partial charge in [-0.05, 0) is 60.7 Å². The van der Waals surface area contributed by atoms with Crippen LogP contribution < -0.4 is 10.2 Å². The number of hydrogen-bond donors (Lipinski definition) is 2. The number of benzene rings is 1. The highest BCUT2D eigenvalue weighted by molar-refractivity contribution is 7.80. The summed E-state index contributed by atoms with van der Waals surface area (Å²) in [6, 6.07) is 20.1. The van der Waals surface area contributed by atoms with E-state index in [1.807, 2.05) is 70.3 Å². The molecule has 1 fully saturated rings. The number of hydrogen-bond acceptors (Lipinski definition) is 4. The molecule has 0 spiro atoms. The molecule has 1 aromatic carbocycles. The maximum absolute atomic E-state index is 10.6. The molecule has 31 heavy (non-hydrogen) atoms. The van der Waals surface area contributed by atoms with E-state index in [-0.39, 0.29) is 17.8 Å². The first-order valence-corrected chi connectivity index (χ1v) is 10.5. The van der Waals surface area contributed by atoms with Crippen LogP contribution in [0.1, 0.15) is 23.5 Å². The molecular weight excluding hydrogens is 430 g/mol. The average Bonchev–Trinajstić information content (AvgIpc) is 3.40. The van der Waals surface area contributed by atoms with Crippen LogP contribution in [-0.4, -0.2) is 24.8 Å². The van der Waals surface area contributed by atoms with Crippen molar-refractivity contribution >= 4 is 34.6 Å². The molecule has 2 N–H and O–H groups in total. The van der Waals surface area contributed by atoms with E-state index < -0.39 is 0 Å². The zero-order valence-corrected chi connectivity index (χ0v) is 17.8. The van der Waals surface area contributed by atoms with Crippen LogP contribution in [0.5, 0.6) is 5.75 Å². The maximum atomic E-state index is 10.6. The van der Waals surface area contributed by atoms with Crippen molar-refractivity contribution in [3.63, 3.8) is 0 Å². The Labute approximate surface area is 189 Å². The first-order chi connectivity index (χ1) is 15.1. The van der Waals surface area contributed by atoms with Gasteiger partial charge in [-0.3, -0.25) is 4.98 Å². The van der Waals surface area contributed by atoms with Gasteiger partial charge >= 0.3 is 0 Å². The number of halogens is 1. The Morgan fingerprint density at radius 3 is 2.55 bits per heavy atom. The minimum absolute atomic E-state index is 0.154. The number of phenols is 1. The van der Waals surface area contributed by atoms with Gasteiger partial charge in [-0.15, -0.1) is 0 Å². The Kier molecular flexibility index (Phi) is 5.05. The van der Waals surface area contributed by atoms with E-state index >= 15 is 0 Å². The maximum Gasteiger partial charge on any atom is 0.174 e. The Bertz CT molecular complexity index is 1230. The summed E-state index contributed by atoms with van der Waals surface area (Å²) in [6.07, 6.45) is 5.33. The van der Waals surface area contributed by atoms with Crippen LogP contribution in [0.3, 0.4) is 0 Å². The van der Waals surface area contributed by atoms with Crippen LogP contribution in [0, 0.1) is 0 Å². The molecule has 6 nitrogen and oxygen atoms in total. The summed E-state index contributed by atoms with van der Waals surface area (Å²) in [5.41, 5.74) is 2.42. The second-order valence-corrected chi connectivity index (χ2v) is 7.95. The summed E-state index contributed by atoms with van der Waals surface area (Å²) in [5.74, 6) is 0.889. The largest absolute Gasteiger partial charge is 0.506 e. The molecule has 0 amide bonds. The van der Waals surface area contributed by atoms with Crippen LogP contribution >= 0.6 is 23.8 Å². The van der Waals surface area contributed by atoms with Gasteiger partial charge in [0.25, 0.3) is 0 Å². The van der Waals surface area contributed by atoms with Crippen molar-refractivity contribution in [2.24, 2.45) is 0 Å². The topological polar surface area (TPSA) is 66.2 Å². The molecule has 0 radical (unpaired) electrons. The van der Waals surface area contributed by atoms with Crippen LogP contribution in [0.4, 0.5) is 5.69 Å². The van der Waals surface area contributed by atoms with E-state index in [4.69, 9.17) is 23.8 Å². The SMILES string of the molecule is Oc1ccccc1N1C(=S)N[C@@H](c2ccccn2)[C@H]1c1cccn1-c1ccc(Cl)cn1. The van der Waals surface area contributed by atoms with Crippen LogP contribution in [-0.2, 0) is 0 Å². The average molecular weight is 448 g/mol. The second-order valence-electron chi connectivity index (χ2n) is 7.12. The lowest BCUT2D eigenvalue weighted by molar-refractivity contribution is 0.472. The predicted octanol–water partition coefficient (Wildman–Crippen LogP) is 4.80. The Balaban J connectivity index is 1.68. The molecule has 3 aromatic heterocycles. The van der Waals surface area contributed by atoms with Gasteiger partial charge in [0.05, 0.1) is 22.4 Å². The first-order valence-electron chi connectivity index (χ1n) is 9.71. The normalized spacial score (nSPS) is 18.2. The number of aromatic nitrogens is 3. The summed E-state index contributed by atoms with van der Waals surface area (Å²) in [6.45, 7) is 0. The van der Waals surface area contributed by atoms with Gasteiger partial charge in [-0.1, -0.05) is 29.8 Å². The summed E-state index contributed by atoms with van der Waals surface area (Å²) in [7, 11) is 0. The molecule has 4 aromatic rings. The number of thiocarbonyl (C=S) groups is 1. The molecule has 0 unspecified atom stereocenters. The quantitative estimate of drug-likeness (QED) is 0.438. The number of anilines is 1. The number of aromatic hydroxyl groups is 1. The van der Waals surface area contributed by atoms with Crippen LogP contribution in [0.15, 0.2) is 85.3 Å². The standard InChI is InChI=1S/C23H18ClN5OS/c24-15-10-11-20(26-14-15)28-13-5-8-18(28)22-21(16-6-3-4-12-25-16)27-23(31)29(22)17-7-1-2-9-19(17)30/h1-14,21-22,30H,(H,27,31)/t21-,22+/m0/s1. The lowest BCUT2D eigenvalue weighted by Gasteiger charge is -2.29. The van der Waals surface area contributed by atoms with Crippen molar-refractivity contribution in [1.82, 2.24) is 19.9 Å². The molecule has 5 rings (SSSR count). The zero-order chi connectivity index (χ0) is 21.4. The van der Waals surface area contributed by atoms with Crippen LogP contribution in [0.2, 0.25) is 5.02 Å². The fourth-order valence-corrected chi connectivity index (χ4v) is 4.39. The molecule has 4 heterocycles. The summed E-state index contributed by atoms with van der Waals surface area (Å²) in [4.78, 5) is 11.0. The number of phenolic OH excluding ortho intramolecular Hbond substituents is 1. The minimum Gasteiger partial charge on any atom is -0.506 e. The van der Waals surface area contributed by atoms with Crippen molar-refractivity contribution in [2.75, 3.05) is 4.90 Å². The fourth-order valence-electron chi connectivity index (χ4n) is 3.94. The predicted molar refractivity (Wildman–Crippen MR) is 125 cm³/mol. The molecule has 0 aliphatic carbocycles. The van der Waals surface area contributed by atoms with Gasteiger partial charge in [0.2, 0.25) is 0 Å². The van der Waals surface area contributed by atoms with E-state index in [1.54, 1.807) is 24.5 Å². The fraction of sp³-hybridized carbons (Fsp3) is 0.0870. The molecule has 1 saturated heterocycles. The molecule has 154 valence electrons. The molecule has 0 bridgehead atoms. The van der Waals surface area contributed by atoms with E-state index in [0.717, 1.165) is 17.2 Å². The van der Waals surface area contributed by atoms with Crippen molar-refractivity contribution in [2.45, 2.75) is 12.1 Å². The smallest absolute Gasteiger partial charge is 0.174 e. The third-order valence-corrected chi connectivity index (χ3v) is 5.82. The van der Waals surface area contributed by atoms with Gasteiger partial charge < -0.3 is 19.9 Å². The van der Waals surface area contributed by atoms with Gasteiger partial charge in [-0.25, -0.2) is 4.98 Å². The van der Waals surface area contributed by atoms with Crippen LogP contribution in [0.25, 0.3) is 5.82 Å². The third-order valence-electron chi connectivity index (χ3n) is 5.28. The number of nitrogens with one attached hydrogen (secondary N) is 1. The van der Waals surface area contributed by atoms with Crippen molar-refractivity contribution < 1.29 is 5.11 Å². The minimum atomic E-state index is -0.275. The molecule has 2 atom stereocenters. The van der Waals surface area contributed by atoms with Gasteiger partial charge in [0.15, 0.2) is 5.11 Å². The summed E-state index contributed by atoms with van der Waals surface area (Å²) >= 11 is 11.8. The Morgan fingerprint density at radius 1 is 0.968 bits per heavy atom. The molecule has 8 heteroatoms. The Hall–Kier alpha value is -3.42. The zero-order valence-electron chi connectivity index (χ0n) is 16.3. The first kappa shape index (κ1) is 19.5. The summed E-state index contributed by atoms with van der Waals surface area (Å²) in [5, 5.41) is 15.1. The highest BCUT2D eigenvalue weighted by atomic mass is 35.5. The van der Waals surface area contributed by atoms with Gasteiger partial charge in [-0.2, -0.15) is 0 Å². The van der Waals surface area contributed by atoms with Gasteiger partial charge in [0, 0.05) is 24.3 Å². The monoisotopic (exact) mass is 447 g/mol. The molecule has 1 aliphatic heterocycles. The number of para-hydroxylation sites is 2. The van der Waals surface area contributed by atoms with Crippen molar-refractivity contribution in [3.8, 4) is 11.6 Å². The lowest BCUT2D eigenvalue weighted by atomic mass is 10.0. The molecule has 1 aliphatic rings. The van der Waals surface area contributed by atoms with Crippen molar-refractivity contribution in [3.05, 3.63) is 102 Å². The Morgan fingerprint density at radius 2 is 1.81 bits per heavy atom. The van der Waals surface area contributed by atoms with E-state index in [9.17, 15) is 5.11 Å². The van der Waals surface area contributed by atoms with E-state index in [2.05, 4.69) is 15.3 Å². The highest BCUT2D eigenvalue weighted by Gasteiger charge is 2.43. The third kappa shape index (κ3) is 3.52. The second kappa shape index (κ2) is 8.02. The number of nitrogens with zero attached hydrogens (tertiary/aromatic N) is 4. The number of rotatable bonds is 4. The molecular formula is C23H18ClN5OS. The van der Waals surface area contributed by atoms with Crippen molar-refractivity contribution in [1.29, 1.82) is 0 Å². The van der Waals surface area contributed by atoms with E-state index in [1.165, 1.54) is 0 Å². The van der Waals surface area contributed by atoms with Gasteiger partial charge in [0.1, 0.15) is 17.6 Å². The lowest BCUT2D eigenvalue weighted by Crippen LogP contribution is -2.30. The highest BCUT2D eigenvalue weighted by Crippen LogP contribution is 2.44. The summed E-state index contributed by atoms with van der Waals surface area (Å²) < 4.78 is 2.00. The number of pyridine rings is 2. The van der Waals surface area contributed by atoms with E-state index in [0.29, 0.717) is 15.8 Å².